The van der Waals surface area contributed by atoms with Gasteiger partial charge in [0.1, 0.15) is 5.25 Å². The van der Waals surface area contributed by atoms with E-state index in [0.29, 0.717) is 24.8 Å². The maximum atomic E-state index is 11.5. The summed E-state index contributed by atoms with van der Waals surface area (Å²) >= 11 is 0. The van der Waals surface area contributed by atoms with Gasteiger partial charge in [-0.05, 0) is 18.4 Å². The lowest BCUT2D eigenvalue weighted by Crippen LogP contribution is -2.12. The van der Waals surface area contributed by atoms with Crippen LogP contribution in [0.1, 0.15) is 49.3 Å². The first-order chi connectivity index (χ1) is 10.4. The minimum atomic E-state index is -4.11. The molecular weight excluding hydrogens is 308 g/mol. The molecule has 0 aliphatic carbocycles. The third kappa shape index (κ3) is 7.42. The lowest BCUT2D eigenvalue weighted by Gasteiger charge is -2.14. The van der Waals surface area contributed by atoms with Gasteiger partial charge >= 0.3 is 6.16 Å². The molecule has 6 nitrogen and oxygen atoms in total. The van der Waals surface area contributed by atoms with Crippen LogP contribution in [-0.4, -0.2) is 30.8 Å². The van der Waals surface area contributed by atoms with Crippen molar-refractivity contribution in [3.8, 4) is 0 Å². The summed E-state index contributed by atoms with van der Waals surface area (Å²) in [6.07, 6.45) is 2.97. The van der Waals surface area contributed by atoms with Crippen LogP contribution in [0.4, 0.5) is 4.79 Å². The highest BCUT2D eigenvalue weighted by Crippen LogP contribution is 2.27. The molecule has 0 amide bonds. The first-order valence-electron chi connectivity index (χ1n) is 7.28. The second-order valence-corrected chi connectivity index (χ2v) is 6.68. The molecule has 1 aromatic rings. The molecule has 0 spiro atoms. The predicted molar refractivity (Wildman–Crippen MR) is 82.4 cm³/mol. The molecule has 0 saturated carbocycles. The lowest BCUT2D eigenvalue weighted by molar-refractivity contribution is 0.0899. The van der Waals surface area contributed by atoms with E-state index in [-0.39, 0.29) is 6.61 Å². The zero-order valence-corrected chi connectivity index (χ0v) is 13.2. The van der Waals surface area contributed by atoms with Crippen molar-refractivity contribution in [1.82, 2.24) is 0 Å². The molecule has 0 aliphatic rings. The van der Waals surface area contributed by atoms with Gasteiger partial charge < -0.3 is 9.84 Å². The molecule has 7 heteroatoms. The van der Waals surface area contributed by atoms with Crippen molar-refractivity contribution in [2.45, 2.75) is 43.8 Å². The number of ether oxygens (including phenoxy) is 1. The first kappa shape index (κ1) is 18.4. The van der Waals surface area contributed by atoms with Crippen molar-refractivity contribution in [1.29, 1.82) is 0 Å². The average Bonchev–Trinajstić information content (AvgIpc) is 2.45. The monoisotopic (exact) mass is 330 g/mol. The van der Waals surface area contributed by atoms with Crippen LogP contribution < -0.4 is 0 Å². The molecule has 1 atom stereocenters. The van der Waals surface area contributed by atoms with E-state index in [2.05, 4.69) is 4.74 Å². The number of rotatable bonds is 10. The van der Waals surface area contributed by atoms with Crippen molar-refractivity contribution in [3.63, 3.8) is 0 Å². The van der Waals surface area contributed by atoms with Crippen LogP contribution in [0.25, 0.3) is 0 Å². The van der Waals surface area contributed by atoms with Gasteiger partial charge in [0.2, 0.25) is 0 Å². The average molecular weight is 330 g/mol. The van der Waals surface area contributed by atoms with Crippen LogP contribution in [0, 0.1) is 0 Å². The molecule has 0 bridgehead atoms. The van der Waals surface area contributed by atoms with Crippen molar-refractivity contribution >= 4 is 16.3 Å². The molecule has 22 heavy (non-hydrogen) atoms. The zero-order valence-electron chi connectivity index (χ0n) is 12.3. The third-order valence-electron chi connectivity index (χ3n) is 3.37. The van der Waals surface area contributed by atoms with Gasteiger partial charge in [0.25, 0.3) is 10.1 Å². The highest BCUT2D eigenvalue weighted by molar-refractivity contribution is 7.86. The van der Waals surface area contributed by atoms with Gasteiger partial charge in [-0.1, -0.05) is 56.0 Å². The Hall–Kier alpha value is -1.60. The molecule has 124 valence electrons. The molecule has 0 heterocycles. The highest BCUT2D eigenvalue weighted by Gasteiger charge is 2.24. The summed E-state index contributed by atoms with van der Waals surface area (Å²) in [7, 11) is -4.11. The number of hydrogen-bond acceptors (Lipinski definition) is 4. The molecule has 0 radical (unpaired) electrons. The number of benzene rings is 1. The van der Waals surface area contributed by atoms with Gasteiger partial charge in [0.05, 0.1) is 6.61 Å². The van der Waals surface area contributed by atoms with Gasteiger partial charge in [-0.3, -0.25) is 4.55 Å². The fourth-order valence-corrected chi connectivity index (χ4v) is 3.24. The maximum Gasteiger partial charge on any atom is 0.505 e. The Bertz CT molecular complexity index is 540. The Kier molecular flexibility index (Phi) is 7.90. The van der Waals surface area contributed by atoms with Crippen molar-refractivity contribution in [2.24, 2.45) is 0 Å². The van der Waals surface area contributed by atoms with E-state index in [1.54, 1.807) is 30.3 Å². The Morgan fingerprint density at radius 1 is 1.05 bits per heavy atom. The Morgan fingerprint density at radius 3 is 2.23 bits per heavy atom. The van der Waals surface area contributed by atoms with Crippen molar-refractivity contribution < 1.29 is 27.6 Å². The fourth-order valence-electron chi connectivity index (χ4n) is 2.28. The van der Waals surface area contributed by atoms with E-state index in [1.165, 1.54) is 0 Å². The van der Waals surface area contributed by atoms with Gasteiger partial charge in [-0.25, -0.2) is 4.79 Å². The third-order valence-corrected chi connectivity index (χ3v) is 4.59. The standard InChI is InChI=1S/C15H22O6S/c16-15(17)21-12-8-3-1-2-7-11-14(22(18,19)20)13-9-5-4-6-10-13/h4-6,9-10,14H,1-3,7-8,11-12H2,(H,16,17)(H,18,19,20). The van der Waals surface area contributed by atoms with Crippen LogP contribution in [0.5, 0.6) is 0 Å². The number of unbranched alkanes of at least 4 members (excludes halogenated alkanes) is 4. The summed E-state index contributed by atoms with van der Waals surface area (Å²) in [5.41, 5.74) is 0.597. The molecular formula is C15H22O6S. The zero-order chi connectivity index (χ0) is 16.4. The SMILES string of the molecule is O=C(O)OCCCCCCCC(c1ccccc1)S(=O)(=O)O. The Balaban J connectivity index is 2.30. The summed E-state index contributed by atoms with van der Waals surface area (Å²) < 4.78 is 36.7. The summed E-state index contributed by atoms with van der Waals surface area (Å²) in [6, 6.07) is 8.68. The van der Waals surface area contributed by atoms with Crippen LogP contribution in [0.2, 0.25) is 0 Å². The largest absolute Gasteiger partial charge is 0.505 e. The van der Waals surface area contributed by atoms with Crippen molar-refractivity contribution in [2.75, 3.05) is 6.61 Å². The van der Waals surface area contributed by atoms with E-state index < -0.39 is 21.5 Å². The van der Waals surface area contributed by atoms with Gasteiger partial charge in [-0.2, -0.15) is 8.42 Å². The van der Waals surface area contributed by atoms with Gasteiger partial charge in [0.15, 0.2) is 0 Å². The van der Waals surface area contributed by atoms with Crippen molar-refractivity contribution in [3.05, 3.63) is 35.9 Å². The minimum Gasteiger partial charge on any atom is -0.450 e. The van der Waals surface area contributed by atoms with E-state index in [4.69, 9.17) is 5.11 Å². The minimum absolute atomic E-state index is 0.187. The number of hydrogen-bond donors (Lipinski definition) is 2. The van der Waals surface area contributed by atoms with E-state index in [1.807, 2.05) is 0 Å². The fraction of sp³-hybridized carbons (Fsp3) is 0.533. The molecule has 2 N–H and O–H groups in total. The van der Waals surface area contributed by atoms with Gasteiger partial charge in [-0.15, -0.1) is 0 Å². The predicted octanol–water partition coefficient (Wildman–Crippen LogP) is 3.65. The summed E-state index contributed by atoms with van der Waals surface area (Å²) in [6.45, 7) is 0.187. The summed E-state index contributed by atoms with van der Waals surface area (Å²) in [5.74, 6) is 0. The molecule has 0 saturated heterocycles. The number of carbonyl (C=O) groups is 1. The second kappa shape index (κ2) is 9.42. The highest BCUT2D eigenvalue weighted by atomic mass is 32.2. The molecule has 0 fully saturated rings. The smallest absolute Gasteiger partial charge is 0.450 e. The topological polar surface area (TPSA) is 101 Å². The second-order valence-electron chi connectivity index (χ2n) is 5.09. The van der Waals surface area contributed by atoms with Crippen LogP contribution >= 0.6 is 0 Å². The summed E-state index contributed by atoms with van der Waals surface area (Å²) in [5, 5.41) is 7.41. The lowest BCUT2D eigenvalue weighted by atomic mass is 10.0. The van der Waals surface area contributed by atoms with Crippen LogP contribution in [0.15, 0.2) is 30.3 Å². The van der Waals surface area contributed by atoms with Gasteiger partial charge in [0, 0.05) is 0 Å². The molecule has 1 aromatic carbocycles. The molecule has 0 aliphatic heterocycles. The maximum absolute atomic E-state index is 11.5. The molecule has 1 unspecified atom stereocenters. The normalized spacial score (nSPS) is 12.8. The van der Waals surface area contributed by atoms with E-state index >= 15 is 0 Å². The Labute approximate surface area is 130 Å². The number of carboxylic acid groups (broad SMARTS) is 1. The molecule has 0 aromatic heterocycles. The van der Waals surface area contributed by atoms with Crippen LogP contribution in [0.3, 0.4) is 0 Å². The first-order valence-corrected chi connectivity index (χ1v) is 8.78. The van der Waals surface area contributed by atoms with E-state index in [9.17, 15) is 17.8 Å². The summed E-state index contributed by atoms with van der Waals surface area (Å²) in [4.78, 5) is 10.1. The molecule has 1 rings (SSSR count). The Morgan fingerprint density at radius 2 is 1.64 bits per heavy atom. The van der Waals surface area contributed by atoms with Crippen LogP contribution in [-0.2, 0) is 14.9 Å². The van der Waals surface area contributed by atoms with E-state index in [0.717, 1.165) is 19.3 Å². The quantitative estimate of drug-likeness (QED) is 0.386.